The maximum Gasteiger partial charge on any atom is 0.119 e. The van der Waals surface area contributed by atoms with Crippen LogP contribution in [0.15, 0.2) is 40.2 Å². The standard InChI is InChI=1S/C13H14BrNOS/c1-16-11-4-2-3-10(7-11)8-15-9-12-5-6-13(14)17-12/h2-7,15H,8-9H2,1H3. The fourth-order valence-corrected chi connectivity index (χ4v) is 3.01. The third-order valence-electron chi connectivity index (χ3n) is 2.39. The van der Waals surface area contributed by atoms with Gasteiger partial charge < -0.3 is 10.1 Å². The molecule has 17 heavy (non-hydrogen) atoms. The molecule has 1 heterocycles. The van der Waals surface area contributed by atoms with Crippen LogP contribution in [0.5, 0.6) is 5.75 Å². The van der Waals surface area contributed by atoms with Gasteiger partial charge in [-0.15, -0.1) is 11.3 Å². The summed E-state index contributed by atoms with van der Waals surface area (Å²) in [6.07, 6.45) is 0. The number of ether oxygens (including phenoxy) is 1. The summed E-state index contributed by atoms with van der Waals surface area (Å²) in [5, 5.41) is 3.42. The molecular weight excluding hydrogens is 298 g/mol. The molecule has 2 rings (SSSR count). The Morgan fingerprint density at radius 1 is 1.24 bits per heavy atom. The van der Waals surface area contributed by atoms with Gasteiger partial charge in [0.25, 0.3) is 0 Å². The third kappa shape index (κ3) is 3.84. The molecular formula is C13H14BrNOS. The number of hydrogen-bond acceptors (Lipinski definition) is 3. The summed E-state index contributed by atoms with van der Waals surface area (Å²) < 4.78 is 6.37. The van der Waals surface area contributed by atoms with E-state index in [0.717, 1.165) is 18.8 Å². The summed E-state index contributed by atoms with van der Waals surface area (Å²) in [5.74, 6) is 0.906. The molecule has 1 aromatic heterocycles. The predicted octanol–water partition coefficient (Wildman–Crippen LogP) is 3.81. The lowest BCUT2D eigenvalue weighted by atomic mass is 10.2. The van der Waals surface area contributed by atoms with Gasteiger partial charge in [0.15, 0.2) is 0 Å². The Bertz CT molecular complexity index is 484. The first-order valence-electron chi connectivity index (χ1n) is 5.36. The molecule has 0 saturated carbocycles. The molecule has 0 aliphatic heterocycles. The highest BCUT2D eigenvalue weighted by atomic mass is 79.9. The molecule has 2 aromatic rings. The third-order valence-corrected chi connectivity index (χ3v) is 4.01. The first-order valence-corrected chi connectivity index (χ1v) is 6.97. The lowest BCUT2D eigenvalue weighted by Gasteiger charge is -2.05. The number of halogens is 1. The van der Waals surface area contributed by atoms with E-state index in [2.05, 4.69) is 45.5 Å². The van der Waals surface area contributed by atoms with Crippen molar-refractivity contribution in [2.45, 2.75) is 13.1 Å². The molecule has 0 fully saturated rings. The molecule has 0 spiro atoms. The molecule has 0 unspecified atom stereocenters. The molecule has 1 N–H and O–H groups in total. The van der Waals surface area contributed by atoms with Crippen LogP contribution in [0.1, 0.15) is 10.4 Å². The first kappa shape index (κ1) is 12.6. The molecule has 4 heteroatoms. The van der Waals surface area contributed by atoms with E-state index in [1.54, 1.807) is 18.4 Å². The van der Waals surface area contributed by atoms with E-state index in [1.807, 2.05) is 12.1 Å². The van der Waals surface area contributed by atoms with Crippen LogP contribution in [0.2, 0.25) is 0 Å². The van der Waals surface area contributed by atoms with Crippen molar-refractivity contribution in [2.75, 3.05) is 7.11 Å². The van der Waals surface area contributed by atoms with Crippen LogP contribution in [0.4, 0.5) is 0 Å². The number of methoxy groups -OCH3 is 1. The molecule has 0 aliphatic carbocycles. The molecule has 2 nitrogen and oxygen atoms in total. The minimum absolute atomic E-state index is 0.854. The molecule has 0 radical (unpaired) electrons. The summed E-state index contributed by atoms with van der Waals surface area (Å²) >= 11 is 5.22. The number of nitrogens with one attached hydrogen (secondary N) is 1. The Balaban J connectivity index is 1.85. The van der Waals surface area contributed by atoms with Crippen molar-refractivity contribution >= 4 is 27.3 Å². The van der Waals surface area contributed by atoms with Gasteiger partial charge in [0, 0.05) is 18.0 Å². The van der Waals surface area contributed by atoms with Gasteiger partial charge in [0.1, 0.15) is 5.75 Å². The molecule has 1 aromatic carbocycles. The highest BCUT2D eigenvalue weighted by Gasteiger charge is 1.98. The molecule has 0 aliphatic rings. The number of thiophene rings is 1. The summed E-state index contributed by atoms with van der Waals surface area (Å²) in [5.41, 5.74) is 1.24. The zero-order valence-electron chi connectivity index (χ0n) is 9.57. The van der Waals surface area contributed by atoms with Crippen molar-refractivity contribution in [1.82, 2.24) is 5.32 Å². The smallest absolute Gasteiger partial charge is 0.119 e. The second-order valence-corrected chi connectivity index (χ2v) is 6.21. The zero-order valence-corrected chi connectivity index (χ0v) is 12.0. The van der Waals surface area contributed by atoms with Gasteiger partial charge in [-0.25, -0.2) is 0 Å². The quantitative estimate of drug-likeness (QED) is 0.906. The average Bonchev–Trinajstić information content (AvgIpc) is 2.75. The SMILES string of the molecule is COc1cccc(CNCc2ccc(Br)s2)c1. The van der Waals surface area contributed by atoms with E-state index in [9.17, 15) is 0 Å². The highest BCUT2D eigenvalue weighted by molar-refractivity contribution is 9.11. The van der Waals surface area contributed by atoms with Gasteiger partial charge in [-0.1, -0.05) is 12.1 Å². The lowest BCUT2D eigenvalue weighted by Crippen LogP contribution is -2.11. The molecule has 90 valence electrons. The number of hydrogen-bond donors (Lipinski definition) is 1. The topological polar surface area (TPSA) is 21.3 Å². The van der Waals surface area contributed by atoms with Crippen LogP contribution < -0.4 is 10.1 Å². The predicted molar refractivity (Wildman–Crippen MR) is 75.6 cm³/mol. The average molecular weight is 312 g/mol. The maximum absolute atomic E-state index is 5.19. The van der Waals surface area contributed by atoms with E-state index in [1.165, 1.54) is 14.2 Å². The van der Waals surface area contributed by atoms with Crippen molar-refractivity contribution in [3.63, 3.8) is 0 Å². The van der Waals surface area contributed by atoms with E-state index >= 15 is 0 Å². The van der Waals surface area contributed by atoms with Gasteiger partial charge in [-0.3, -0.25) is 0 Å². The van der Waals surface area contributed by atoms with Crippen LogP contribution in [0.25, 0.3) is 0 Å². The molecule has 0 saturated heterocycles. The van der Waals surface area contributed by atoms with Crippen molar-refractivity contribution in [3.8, 4) is 5.75 Å². The normalized spacial score (nSPS) is 10.5. The van der Waals surface area contributed by atoms with E-state index < -0.39 is 0 Å². The van der Waals surface area contributed by atoms with Gasteiger partial charge >= 0.3 is 0 Å². The minimum atomic E-state index is 0.854. The van der Waals surface area contributed by atoms with Gasteiger partial charge in [0.2, 0.25) is 0 Å². The van der Waals surface area contributed by atoms with Crippen LogP contribution >= 0.6 is 27.3 Å². The van der Waals surface area contributed by atoms with Gasteiger partial charge in [0.05, 0.1) is 10.9 Å². The van der Waals surface area contributed by atoms with E-state index in [-0.39, 0.29) is 0 Å². The summed E-state index contributed by atoms with van der Waals surface area (Å²) in [4.78, 5) is 1.33. The Kier molecular flexibility index (Phi) is 4.59. The lowest BCUT2D eigenvalue weighted by molar-refractivity contribution is 0.414. The molecule has 0 amide bonds. The summed E-state index contributed by atoms with van der Waals surface area (Å²) in [6, 6.07) is 12.3. The van der Waals surface area contributed by atoms with E-state index in [0.29, 0.717) is 0 Å². The molecule has 0 bridgehead atoms. The van der Waals surface area contributed by atoms with Crippen LogP contribution in [-0.4, -0.2) is 7.11 Å². The number of rotatable bonds is 5. The van der Waals surface area contributed by atoms with Gasteiger partial charge in [-0.2, -0.15) is 0 Å². The van der Waals surface area contributed by atoms with Crippen LogP contribution in [-0.2, 0) is 13.1 Å². The first-order chi connectivity index (χ1) is 8.28. The Labute approximate surface area is 114 Å². The highest BCUT2D eigenvalue weighted by Crippen LogP contribution is 2.21. The van der Waals surface area contributed by atoms with Crippen molar-refractivity contribution < 1.29 is 4.74 Å². The second kappa shape index (κ2) is 6.19. The van der Waals surface area contributed by atoms with E-state index in [4.69, 9.17) is 4.74 Å². The van der Waals surface area contributed by atoms with Crippen molar-refractivity contribution in [1.29, 1.82) is 0 Å². The minimum Gasteiger partial charge on any atom is -0.497 e. The van der Waals surface area contributed by atoms with Crippen LogP contribution in [0, 0.1) is 0 Å². The fourth-order valence-electron chi connectivity index (χ4n) is 1.56. The zero-order chi connectivity index (χ0) is 12.1. The monoisotopic (exact) mass is 311 g/mol. The Morgan fingerprint density at radius 3 is 2.82 bits per heavy atom. The largest absolute Gasteiger partial charge is 0.497 e. The summed E-state index contributed by atoms with van der Waals surface area (Å²) in [7, 11) is 1.69. The number of benzene rings is 1. The van der Waals surface area contributed by atoms with Crippen molar-refractivity contribution in [3.05, 3.63) is 50.6 Å². The van der Waals surface area contributed by atoms with Crippen LogP contribution in [0.3, 0.4) is 0 Å². The van der Waals surface area contributed by atoms with Crippen molar-refractivity contribution in [2.24, 2.45) is 0 Å². The Hall–Kier alpha value is -0.840. The maximum atomic E-state index is 5.19. The second-order valence-electron chi connectivity index (χ2n) is 3.66. The van der Waals surface area contributed by atoms with Gasteiger partial charge in [-0.05, 0) is 45.8 Å². The summed E-state index contributed by atoms with van der Waals surface area (Å²) in [6.45, 7) is 1.75. The fraction of sp³-hybridized carbons (Fsp3) is 0.231. The Morgan fingerprint density at radius 2 is 2.12 bits per heavy atom. The molecule has 0 atom stereocenters.